The predicted molar refractivity (Wildman–Crippen MR) is 156 cm³/mol. The summed E-state index contributed by atoms with van der Waals surface area (Å²) < 4.78 is 0. The molecule has 0 amide bonds. The number of benzene rings is 2. The second kappa shape index (κ2) is 11.8. The summed E-state index contributed by atoms with van der Waals surface area (Å²) in [4.78, 5) is 9.15. The Kier molecular flexibility index (Phi) is 7.83. The van der Waals surface area contributed by atoms with Gasteiger partial charge in [0.2, 0.25) is 0 Å². The number of aromatic hydroxyl groups is 1. The lowest BCUT2D eigenvalue weighted by Crippen LogP contribution is -2.24. The van der Waals surface area contributed by atoms with E-state index in [9.17, 15) is 10.4 Å². The number of nitrogens with one attached hydrogen (secondary N) is 3. The SMILES string of the molecule is CCc1cccnc1C1CCN=CC(C#N)/C1=N/Nc1c(O)c(CCNc2cc(C)[nH]n2)cc2ccccc12. The minimum Gasteiger partial charge on any atom is -0.505 e. The van der Waals surface area contributed by atoms with Gasteiger partial charge in [-0.3, -0.25) is 20.5 Å². The smallest absolute Gasteiger partial charge is 0.148 e. The summed E-state index contributed by atoms with van der Waals surface area (Å²) in [6, 6.07) is 18.2. The van der Waals surface area contributed by atoms with E-state index in [-0.39, 0.29) is 11.7 Å². The van der Waals surface area contributed by atoms with Gasteiger partial charge >= 0.3 is 0 Å². The molecule has 0 fully saturated rings. The molecule has 4 N–H and O–H groups in total. The van der Waals surface area contributed by atoms with Crippen LogP contribution in [0.1, 0.15) is 41.8 Å². The molecule has 0 radical (unpaired) electrons. The number of pyridine rings is 1. The first-order valence-electron chi connectivity index (χ1n) is 13.2. The summed E-state index contributed by atoms with van der Waals surface area (Å²) in [6.07, 6.45) is 5.57. The van der Waals surface area contributed by atoms with Crippen LogP contribution in [0.25, 0.3) is 10.8 Å². The topological polar surface area (TPSA) is 134 Å². The molecule has 0 aliphatic carbocycles. The predicted octanol–water partition coefficient (Wildman–Crippen LogP) is 5.35. The zero-order chi connectivity index (χ0) is 27.2. The maximum atomic E-state index is 11.4. The van der Waals surface area contributed by atoms with Gasteiger partial charge in [-0.15, -0.1) is 0 Å². The molecular weight excluding hydrogens is 488 g/mol. The Labute approximate surface area is 227 Å². The Balaban J connectivity index is 1.51. The van der Waals surface area contributed by atoms with Crippen LogP contribution in [0.5, 0.6) is 5.75 Å². The Bertz CT molecular complexity index is 1560. The minimum atomic E-state index is -0.602. The van der Waals surface area contributed by atoms with Gasteiger partial charge < -0.3 is 10.4 Å². The molecule has 0 bridgehead atoms. The first-order valence-corrected chi connectivity index (χ1v) is 13.2. The second-order valence-electron chi connectivity index (χ2n) is 9.65. The Hall–Kier alpha value is -4.71. The van der Waals surface area contributed by atoms with Crippen molar-refractivity contribution in [2.45, 2.75) is 39.0 Å². The van der Waals surface area contributed by atoms with Crippen molar-refractivity contribution in [1.82, 2.24) is 15.2 Å². The summed E-state index contributed by atoms with van der Waals surface area (Å²) in [7, 11) is 0. The number of hydrazone groups is 1. The van der Waals surface area contributed by atoms with Gasteiger partial charge in [-0.2, -0.15) is 15.5 Å². The minimum absolute atomic E-state index is 0.137. The molecule has 9 nitrogen and oxygen atoms in total. The van der Waals surface area contributed by atoms with Gasteiger partial charge in [0, 0.05) is 48.6 Å². The van der Waals surface area contributed by atoms with E-state index >= 15 is 0 Å². The van der Waals surface area contributed by atoms with Gasteiger partial charge in [-0.05, 0) is 54.8 Å². The van der Waals surface area contributed by atoms with Crippen LogP contribution in [0.3, 0.4) is 0 Å². The van der Waals surface area contributed by atoms with Crippen molar-refractivity contribution < 1.29 is 5.11 Å². The average molecular weight is 521 g/mol. The van der Waals surface area contributed by atoms with Crippen molar-refractivity contribution in [3.63, 3.8) is 0 Å². The lowest BCUT2D eigenvalue weighted by atomic mass is 9.86. The van der Waals surface area contributed by atoms with Crippen molar-refractivity contribution in [2.24, 2.45) is 16.0 Å². The van der Waals surface area contributed by atoms with E-state index in [0.29, 0.717) is 37.3 Å². The number of nitriles is 1. The largest absolute Gasteiger partial charge is 0.505 e. The van der Waals surface area contributed by atoms with E-state index in [1.54, 1.807) is 12.4 Å². The third kappa shape index (κ3) is 5.60. The fraction of sp³-hybridized carbons (Fsp3) is 0.300. The molecular formula is C30H32N8O. The average Bonchev–Trinajstić information content (AvgIpc) is 3.26. The van der Waals surface area contributed by atoms with Gasteiger partial charge in [0.15, 0.2) is 0 Å². The molecule has 3 heterocycles. The maximum absolute atomic E-state index is 11.4. The number of aromatic amines is 1. The highest BCUT2D eigenvalue weighted by Gasteiger charge is 2.30. The number of aryl methyl sites for hydroxylation is 2. The number of rotatable bonds is 8. The summed E-state index contributed by atoms with van der Waals surface area (Å²) >= 11 is 0. The molecule has 2 aromatic carbocycles. The highest BCUT2D eigenvalue weighted by molar-refractivity contribution is 6.06. The van der Waals surface area contributed by atoms with Crippen LogP contribution in [-0.2, 0) is 12.8 Å². The number of hydrogen-bond acceptors (Lipinski definition) is 8. The van der Waals surface area contributed by atoms with Gasteiger partial charge in [-0.25, -0.2) is 0 Å². The van der Waals surface area contributed by atoms with Gasteiger partial charge in [0.25, 0.3) is 0 Å². The zero-order valence-corrected chi connectivity index (χ0v) is 22.1. The number of aliphatic imine (C=N–C) groups is 1. The lowest BCUT2D eigenvalue weighted by molar-refractivity contribution is 0.471. The molecule has 1 aliphatic heterocycles. The molecule has 0 saturated carbocycles. The van der Waals surface area contributed by atoms with E-state index in [2.05, 4.69) is 45.0 Å². The van der Waals surface area contributed by atoms with E-state index in [4.69, 9.17) is 10.1 Å². The highest BCUT2D eigenvalue weighted by atomic mass is 16.3. The fourth-order valence-electron chi connectivity index (χ4n) is 5.06. The summed E-state index contributed by atoms with van der Waals surface area (Å²) in [6.45, 7) is 5.24. The molecule has 4 aromatic rings. The first kappa shape index (κ1) is 25.9. The van der Waals surface area contributed by atoms with Crippen molar-refractivity contribution in [3.05, 3.63) is 77.2 Å². The van der Waals surface area contributed by atoms with Gasteiger partial charge in [0.1, 0.15) is 23.2 Å². The molecule has 2 aromatic heterocycles. The first-order chi connectivity index (χ1) is 19.1. The number of fused-ring (bicyclic) bond motifs is 1. The van der Waals surface area contributed by atoms with E-state index in [1.807, 2.05) is 49.4 Å². The maximum Gasteiger partial charge on any atom is 0.148 e. The van der Waals surface area contributed by atoms with Crippen LogP contribution < -0.4 is 10.7 Å². The van der Waals surface area contributed by atoms with Crippen LogP contribution in [0.4, 0.5) is 11.5 Å². The monoisotopic (exact) mass is 520 g/mol. The third-order valence-electron chi connectivity index (χ3n) is 7.06. The molecule has 39 heavy (non-hydrogen) atoms. The number of hydrogen-bond donors (Lipinski definition) is 4. The van der Waals surface area contributed by atoms with E-state index < -0.39 is 5.92 Å². The molecule has 2 unspecified atom stereocenters. The van der Waals surface area contributed by atoms with Crippen LogP contribution in [-0.4, -0.2) is 45.3 Å². The van der Waals surface area contributed by atoms with Gasteiger partial charge in [0.05, 0.1) is 17.5 Å². The van der Waals surface area contributed by atoms with E-state index in [1.165, 1.54) is 0 Å². The normalized spacial score (nSPS) is 18.1. The molecule has 5 rings (SSSR count). The van der Waals surface area contributed by atoms with Crippen LogP contribution in [0.2, 0.25) is 0 Å². The number of nitrogens with zero attached hydrogens (tertiary/aromatic N) is 5. The van der Waals surface area contributed by atoms with Crippen molar-refractivity contribution in [2.75, 3.05) is 23.8 Å². The molecule has 2 atom stereocenters. The number of aromatic nitrogens is 3. The van der Waals surface area contributed by atoms with Crippen molar-refractivity contribution in [1.29, 1.82) is 5.26 Å². The molecule has 9 heteroatoms. The number of anilines is 2. The third-order valence-corrected chi connectivity index (χ3v) is 7.06. The Morgan fingerprint density at radius 3 is 2.85 bits per heavy atom. The van der Waals surface area contributed by atoms with Crippen LogP contribution in [0.15, 0.2) is 64.8 Å². The summed E-state index contributed by atoms with van der Waals surface area (Å²) in [5.74, 6) is 0.133. The molecule has 198 valence electrons. The van der Waals surface area contributed by atoms with Crippen LogP contribution >= 0.6 is 0 Å². The van der Waals surface area contributed by atoms with Gasteiger partial charge in [-0.1, -0.05) is 37.3 Å². The molecule has 1 aliphatic rings. The standard InChI is InChI=1S/C30H32N8O/c1-3-20-8-6-12-34-27(20)25-11-13-32-18-23(17-31)28(25)37-38-29-24-9-5-4-7-21(24)16-22(30(29)39)10-14-33-26-15-19(2)35-36-26/h4-9,12,15-16,18,23,25,38-39H,3,10-11,13-14H2,1-2H3,(H2,33,35,36)/b37-28-. The van der Waals surface area contributed by atoms with Crippen molar-refractivity contribution in [3.8, 4) is 11.8 Å². The number of H-pyrrole nitrogens is 1. The number of phenolic OH excluding ortho intramolecular Hbond substituents is 1. The Morgan fingerprint density at radius 1 is 1.18 bits per heavy atom. The highest BCUT2D eigenvalue weighted by Crippen LogP contribution is 2.37. The quantitative estimate of drug-likeness (QED) is 0.183. The Morgan fingerprint density at radius 2 is 2.05 bits per heavy atom. The lowest BCUT2D eigenvalue weighted by Gasteiger charge is -2.21. The molecule has 0 saturated heterocycles. The van der Waals surface area contributed by atoms with Crippen LogP contribution in [0, 0.1) is 24.2 Å². The van der Waals surface area contributed by atoms with E-state index in [0.717, 1.165) is 45.5 Å². The van der Waals surface area contributed by atoms with Crippen molar-refractivity contribution >= 4 is 34.2 Å². The molecule has 0 spiro atoms. The zero-order valence-electron chi connectivity index (χ0n) is 22.1. The number of phenols is 1. The summed E-state index contributed by atoms with van der Waals surface area (Å²) in [5.41, 5.74) is 8.14. The fourth-order valence-corrected chi connectivity index (χ4v) is 5.06. The summed E-state index contributed by atoms with van der Waals surface area (Å²) in [5, 5.41) is 38.4. The second-order valence-corrected chi connectivity index (χ2v) is 9.65.